The molecule has 0 amide bonds. The number of thiophene rings is 1. The summed E-state index contributed by atoms with van der Waals surface area (Å²) in [5.74, 6) is -0.945. The summed E-state index contributed by atoms with van der Waals surface area (Å²) in [6, 6.07) is 7.88. The van der Waals surface area contributed by atoms with Gasteiger partial charge in [0, 0.05) is 23.7 Å². The number of carboxylic acids is 1. The molecule has 5 heteroatoms. The lowest BCUT2D eigenvalue weighted by atomic mass is 10.1. The van der Waals surface area contributed by atoms with Gasteiger partial charge in [-0.3, -0.25) is 4.98 Å². The van der Waals surface area contributed by atoms with Crippen molar-refractivity contribution in [3.05, 3.63) is 52.0 Å². The summed E-state index contributed by atoms with van der Waals surface area (Å²) in [6.07, 6.45) is 3.59. The van der Waals surface area contributed by atoms with Crippen LogP contribution >= 0.6 is 11.3 Å². The maximum absolute atomic E-state index is 10.8. The zero-order valence-electron chi connectivity index (χ0n) is 11.4. The number of aromatic nitrogens is 1. The van der Waals surface area contributed by atoms with E-state index < -0.39 is 5.97 Å². The molecule has 2 N–H and O–H groups in total. The maximum atomic E-state index is 10.8. The van der Waals surface area contributed by atoms with Gasteiger partial charge in [0.1, 0.15) is 0 Å². The van der Waals surface area contributed by atoms with E-state index in [9.17, 15) is 4.79 Å². The minimum Gasteiger partial charge on any atom is -0.478 e. The number of hydrogen-bond donors (Lipinski definition) is 2. The van der Waals surface area contributed by atoms with E-state index in [2.05, 4.69) is 34.7 Å². The fourth-order valence-electron chi connectivity index (χ4n) is 2.01. The van der Waals surface area contributed by atoms with Crippen molar-refractivity contribution < 1.29 is 9.90 Å². The summed E-state index contributed by atoms with van der Waals surface area (Å²) >= 11 is 1.75. The average molecular weight is 290 g/mol. The molecule has 1 atom stereocenters. The molecule has 0 aliphatic carbocycles. The highest BCUT2D eigenvalue weighted by Crippen LogP contribution is 2.23. The molecule has 0 aromatic carbocycles. The van der Waals surface area contributed by atoms with Gasteiger partial charge in [0.05, 0.1) is 11.3 Å². The Labute approximate surface area is 122 Å². The smallest absolute Gasteiger partial charge is 0.337 e. The zero-order chi connectivity index (χ0) is 14.4. The van der Waals surface area contributed by atoms with E-state index in [0.717, 1.165) is 18.5 Å². The first kappa shape index (κ1) is 14.7. The summed E-state index contributed by atoms with van der Waals surface area (Å²) in [5, 5.41) is 14.4. The Hall–Kier alpha value is -1.72. The molecule has 1 unspecified atom stereocenters. The number of pyridine rings is 1. The first-order valence-electron chi connectivity index (χ1n) is 6.65. The Balaban J connectivity index is 1.97. The van der Waals surface area contributed by atoms with Crippen molar-refractivity contribution in [1.29, 1.82) is 0 Å². The van der Waals surface area contributed by atoms with E-state index in [1.54, 1.807) is 23.5 Å². The highest BCUT2D eigenvalue weighted by atomic mass is 32.1. The quantitative estimate of drug-likeness (QED) is 0.819. The van der Waals surface area contributed by atoms with E-state index >= 15 is 0 Å². The summed E-state index contributed by atoms with van der Waals surface area (Å²) < 4.78 is 0. The SMILES string of the molecule is CCCC(NCc1ccc(C(=O)O)cn1)c1cccs1. The van der Waals surface area contributed by atoms with Crippen LogP contribution in [0.2, 0.25) is 0 Å². The molecule has 0 saturated carbocycles. The lowest BCUT2D eigenvalue weighted by molar-refractivity contribution is 0.0696. The monoisotopic (exact) mass is 290 g/mol. The first-order chi connectivity index (χ1) is 9.70. The molecular formula is C15H18N2O2S. The van der Waals surface area contributed by atoms with E-state index in [1.807, 2.05) is 0 Å². The molecule has 2 heterocycles. The molecule has 106 valence electrons. The van der Waals surface area contributed by atoms with Crippen molar-refractivity contribution >= 4 is 17.3 Å². The summed E-state index contributed by atoms with van der Waals surface area (Å²) in [4.78, 5) is 16.3. The third-order valence-corrected chi connectivity index (χ3v) is 4.05. The highest BCUT2D eigenvalue weighted by Gasteiger charge is 2.11. The Morgan fingerprint density at radius 2 is 2.30 bits per heavy atom. The molecule has 0 aliphatic heterocycles. The van der Waals surface area contributed by atoms with Gasteiger partial charge in [-0.1, -0.05) is 19.4 Å². The fourth-order valence-corrected chi connectivity index (χ4v) is 2.84. The van der Waals surface area contributed by atoms with Gasteiger partial charge >= 0.3 is 5.97 Å². The van der Waals surface area contributed by atoms with Crippen molar-refractivity contribution in [2.75, 3.05) is 0 Å². The standard InChI is InChI=1S/C15H18N2O2S/c1-2-4-13(14-5-3-8-20-14)17-10-12-7-6-11(9-16-12)15(18)19/h3,5-9,13,17H,2,4,10H2,1H3,(H,18,19). The maximum Gasteiger partial charge on any atom is 0.337 e. The van der Waals surface area contributed by atoms with E-state index in [0.29, 0.717) is 12.6 Å². The minimum atomic E-state index is -0.945. The van der Waals surface area contributed by atoms with Crippen LogP contribution in [0, 0.1) is 0 Å². The van der Waals surface area contributed by atoms with Crippen molar-refractivity contribution in [3.8, 4) is 0 Å². The van der Waals surface area contributed by atoms with Gasteiger partial charge in [-0.15, -0.1) is 11.3 Å². The van der Waals surface area contributed by atoms with E-state index in [-0.39, 0.29) is 5.56 Å². The summed E-state index contributed by atoms with van der Waals surface area (Å²) in [6.45, 7) is 2.81. The highest BCUT2D eigenvalue weighted by molar-refractivity contribution is 7.10. The molecule has 0 radical (unpaired) electrons. The van der Waals surface area contributed by atoms with Crippen LogP contribution in [-0.4, -0.2) is 16.1 Å². The Morgan fingerprint density at radius 3 is 2.85 bits per heavy atom. The molecule has 2 rings (SSSR count). The molecular weight excluding hydrogens is 272 g/mol. The van der Waals surface area contributed by atoms with Crippen LogP contribution in [0.3, 0.4) is 0 Å². The molecule has 20 heavy (non-hydrogen) atoms. The normalized spacial score (nSPS) is 12.2. The largest absolute Gasteiger partial charge is 0.478 e. The van der Waals surface area contributed by atoms with Crippen LogP contribution in [0.15, 0.2) is 35.8 Å². The molecule has 0 aliphatic rings. The van der Waals surface area contributed by atoms with Crippen molar-refractivity contribution in [3.63, 3.8) is 0 Å². The lowest BCUT2D eigenvalue weighted by Gasteiger charge is -2.16. The van der Waals surface area contributed by atoms with E-state index in [4.69, 9.17) is 5.11 Å². The lowest BCUT2D eigenvalue weighted by Crippen LogP contribution is -2.20. The number of carbonyl (C=O) groups is 1. The molecule has 2 aromatic heterocycles. The van der Waals surface area contributed by atoms with Crippen molar-refractivity contribution in [2.24, 2.45) is 0 Å². The number of carboxylic acid groups (broad SMARTS) is 1. The van der Waals surface area contributed by atoms with Crippen molar-refractivity contribution in [1.82, 2.24) is 10.3 Å². The van der Waals surface area contributed by atoms with Crippen LogP contribution in [0.1, 0.15) is 46.7 Å². The predicted octanol–water partition coefficient (Wildman–Crippen LogP) is 3.47. The zero-order valence-corrected chi connectivity index (χ0v) is 12.2. The summed E-state index contributed by atoms with van der Waals surface area (Å²) in [5.41, 5.74) is 1.07. The van der Waals surface area contributed by atoms with Gasteiger partial charge in [0.2, 0.25) is 0 Å². The molecule has 0 saturated heterocycles. The third kappa shape index (κ3) is 3.88. The van der Waals surface area contributed by atoms with Gasteiger partial charge in [0.15, 0.2) is 0 Å². The molecule has 0 bridgehead atoms. The number of aromatic carboxylic acids is 1. The Bertz CT molecular complexity index is 538. The number of nitrogens with zero attached hydrogens (tertiary/aromatic N) is 1. The third-order valence-electron chi connectivity index (χ3n) is 3.07. The van der Waals surface area contributed by atoms with Crippen LogP contribution in [0.4, 0.5) is 0 Å². The number of hydrogen-bond acceptors (Lipinski definition) is 4. The van der Waals surface area contributed by atoms with Gasteiger partial charge in [-0.2, -0.15) is 0 Å². The second-order valence-electron chi connectivity index (χ2n) is 4.58. The average Bonchev–Trinajstić information content (AvgIpc) is 2.98. The van der Waals surface area contributed by atoms with E-state index in [1.165, 1.54) is 11.1 Å². The van der Waals surface area contributed by atoms with Gasteiger partial charge in [-0.25, -0.2) is 4.79 Å². The molecule has 0 spiro atoms. The molecule has 4 nitrogen and oxygen atoms in total. The first-order valence-corrected chi connectivity index (χ1v) is 7.53. The fraction of sp³-hybridized carbons (Fsp3) is 0.333. The van der Waals surface area contributed by atoms with Crippen LogP contribution in [0.25, 0.3) is 0 Å². The van der Waals surface area contributed by atoms with Gasteiger partial charge in [0.25, 0.3) is 0 Å². The van der Waals surface area contributed by atoms with Crippen molar-refractivity contribution in [2.45, 2.75) is 32.4 Å². The van der Waals surface area contributed by atoms with Crippen LogP contribution in [0.5, 0.6) is 0 Å². The molecule has 2 aromatic rings. The second-order valence-corrected chi connectivity index (χ2v) is 5.56. The number of rotatable bonds is 7. The van der Waals surface area contributed by atoms with Crippen LogP contribution < -0.4 is 5.32 Å². The molecule has 0 fully saturated rings. The van der Waals surface area contributed by atoms with Gasteiger partial charge < -0.3 is 10.4 Å². The Morgan fingerprint density at radius 1 is 1.45 bits per heavy atom. The minimum absolute atomic E-state index is 0.220. The Kier molecular flexibility index (Phi) is 5.26. The van der Waals surface area contributed by atoms with Crippen LogP contribution in [-0.2, 0) is 6.54 Å². The number of nitrogens with one attached hydrogen (secondary N) is 1. The summed E-state index contributed by atoms with van der Waals surface area (Å²) in [7, 11) is 0. The van der Waals surface area contributed by atoms with Gasteiger partial charge in [-0.05, 0) is 30.0 Å². The predicted molar refractivity (Wildman–Crippen MR) is 80.0 cm³/mol. The second kappa shape index (κ2) is 7.17. The topological polar surface area (TPSA) is 62.2 Å².